The van der Waals surface area contributed by atoms with E-state index in [4.69, 9.17) is 0 Å². The lowest BCUT2D eigenvalue weighted by Gasteiger charge is -2.13. The molecule has 1 fully saturated rings. The second-order valence-electron chi connectivity index (χ2n) is 4.89. The van der Waals surface area contributed by atoms with E-state index in [-0.39, 0.29) is 0 Å². The first-order chi connectivity index (χ1) is 9.32. The van der Waals surface area contributed by atoms with Crippen LogP contribution in [0.15, 0.2) is 18.2 Å². The second kappa shape index (κ2) is 5.11. The molecule has 1 heterocycles. The smallest absolute Gasteiger partial charge is 0.233 e. The minimum atomic E-state index is -0.878. The Morgan fingerprint density at radius 3 is 2.25 bits per heavy atom. The molecule has 0 N–H and O–H groups in total. The van der Waals surface area contributed by atoms with Crippen LogP contribution in [0.3, 0.4) is 0 Å². The minimum absolute atomic E-state index is 0.460. The molecule has 1 aromatic carbocycles. The van der Waals surface area contributed by atoms with E-state index >= 15 is 0 Å². The summed E-state index contributed by atoms with van der Waals surface area (Å²) in [6, 6.07) is 2.49. The Labute approximate surface area is 114 Å². The average molecular weight is 281 g/mol. The van der Waals surface area contributed by atoms with Crippen molar-refractivity contribution >= 4 is 17.6 Å². The summed E-state index contributed by atoms with van der Waals surface area (Å²) in [6.07, 6.45) is 0. The van der Waals surface area contributed by atoms with Gasteiger partial charge in [-0.2, -0.15) is 0 Å². The van der Waals surface area contributed by atoms with Crippen molar-refractivity contribution in [3.05, 3.63) is 35.4 Å². The molecule has 1 aliphatic heterocycles. The highest BCUT2D eigenvalue weighted by Gasteiger charge is 2.43. The van der Waals surface area contributed by atoms with Crippen LogP contribution in [0.2, 0.25) is 0 Å². The third kappa shape index (κ3) is 2.33. The van der Waals surface area contributed by atoms with Gasteiger partial charge in [-0.25, -0.2) is 8.78 Å². The van der Waals surface area contributed by atoms with Crippen LogP contribution >= 0.6 is 0 Å². The van der Waals surface area contributed by atoms with Gasteiger partial charge in [0, 0.05) is 11.8 Å². The summed E-state index contributed by atoms with van der Waals surface area (Å²) in [6.45, 7) is 2.63. The molecule has 2 atom stereocenters. The average Bonchev–Trinajstić information content (AvgIpc) is 2.59. The fourth-order valence-electron chi connectivity index (χ4n) is 2.12. The van der Waals surface area contributed by atoms with E-state index in [0.717, 1.165) is 23.1 Å². The molecule has 1 saturated heterocycles. The summed E-state index contributed by atoms with van der Waals surface area (Å²) in [5, 5.41) is 0. The van der Waals surface area contributed by atoms with E-state index < -0.39 is 53.2 Å². The lowest BCUT2D eigenvalue weighted by atomic mass is 10.00. The molecule has 0 radical (unpaired) electrons. The SMILES string of the molecule is CC1C(=O)N(CC(=O)c2cc(F)ccc2F)C(=O)C1C. The van der Waals surface area contributed by atoms with Crippen LogP contribution in [0.25, 0.3) is 0 Å². The molecular formula is C14H13F2NO3. The zero-order chi connectivity index (χ0) is 15.0. The van der Waals surface area contributed by atoms with E-state index in [1.54, 1.807) is 13.8 Å². The van der Waals surface area contributed by atoms with Gasteiger partial charge in [0.25, 0.3) is 0 Å². The Hall–Kier alpha value is -2.11. The quantitative estimate of drug-likeness (QED) is 0.627. The molecule has 0 bridgehead atoms. The predicted molar refractivity (Wildman–Crippen MR) is 65.7 cm³/mol. The number of imide groups is 1. The zero-order valence-corrected chi connectivity index (χ0v) is 11.0. The molecule has 0 aliphatic carbocycles. The van der Waals surface area contributed by atoms with Crippen molar-refractivity contribution in [3.63, 3.8) is 0 Å². The molecule has 1 aliphatic rings. The minimum Gasteiger partial charge on any atom is -0.292 e. The van der Waals surface area contributed by atoms with Crippen molar-refractivity contribution in [3.8, 4) is 0 Å². The van der Waals surface area contributed by atoms with Crippen LogP contribution in [-0.4, -0.2) is 29.0 Å². The first-order valence-electron chi connectivity index (χ1n) is 6.16. The van der Waals surface area contributed by atoms with Gasteiger partial charge in [-0.05, 0) is 18.2 Å². The molecule has 0 spiro atoms. The Morgan fingerprint density at radius 2 is 1.70 bits per heavy atom. The number of ketones is 1. The van der Waals surface area contributed by atoms with E-state index in [0.29, 0.717) is 0 Å². The summed E-state index contributed by atoms with van der Waals surface area (Å²) in [5.74, 6) is -4.38. The maximum atomic E-state index is 13.5. The number of Topliss-reactive ketones (excluding diaryl/α,β-unsaturated/α-hetero) is 1. The number of rotatable bonds is 3. The van der Waals surface area contributed by atoms with Crippen molar-refractivity contribution in [1.29, 1.82) is 0 Å². The molecule has 0 saturated carbocycles. The number of likely N-dealkylation sites (tertiary alicyclic amines) is 1. The van der Waals surface area contributed by atoms with Crippen LogP contribution < -0.4 is 0 Å². The van der Waals surface area contributed by atoms with Gasteiger partial charge in [0.05, 0.1) is 12.1 Å². The number of nitrogens with zero attached hydrogens (tertiary/aromatic N) is 1. The largest absolute Gasteiger partial charge is 0.292 e. The third-order valence-corrected chi connectivity index (χ3v) is 3.59. The fraction of sp³-hybridized carbons (Fsp3) is 0.357. The monoisotopic (exact) mass is 281 g/mol. The molecule has 6 heteroatoms. The highest BCUT2D eigenvalue weighted by molar-refractivity contribution is 6.09. The number of hydrogen-bond acceptors (Lipinski definition) is 3. The zero-order valence-electron chi connectivity index (χ0n) is 11.0. The fourth-order valence-corrected chi connectivity index (χ4v) is 2.12. The van der Waals surface area contributed by atoms with E-state index in [1.807, 2.05) is 0 Å². The molecule has 2 amide bonds. The lowest BCUT2D eigenvalue weighted by molar-refractivity contribution is -0.139. The lowest BCUT2D eigenvalue weighted by Crippen LogP contribution is -2.36. The standard InChI is InChI=1S/C14H13F2NO3/c1-7-8(2)14(20)17(13(7)19)6-12(18)10-5-9(15)3-4-11(10)16/h3-5,7-8H,6H2,1-2H3. The number of carbonyl (C=O) groups is 3. The van der Waals surface area contributed by atoms with Crippen LogP contribution in [-0.2, 0) is 9.59 Å². The van der Waals surface area contributed by atoms with Crippen molar-refractivity contribution in [1.82, 2.24) is 4.90 Å². The van der Waals surface area contributed by atoms with E-state index in [1.165, 1.54) is 0 Å². The number of amides is 2. The number of halogens is 2. The van der Waals surface area contributed by atoms with Gasteiger partial charge in [-0.3, -0.25) is 19.3 Å². The van der Waals surface area contributed by atoms with Crippen LogP contribution in [0.1, 0.15) is 24.2 Å². The van der Waals surface area contributed by atoms with Gasteiger partial charge >= 0.3 is 0 Å². The Bertz CT molecular complexity index is 580. The molecule has 0 aromatic heterocycles. The Morgan fingerprint density at radius 1 is 1.15 bits per heavy atom. The molecule has 4 nitrogen and oxygen atoms in total. The summed E-state index contributed by atoms with van der Waals surface area (Å²) in [7, 11) is 0. The topological polar surface area (TPSA) is 54.5 Å². The molecule has 1 aromatic rings. The number of benzene rings is 1. The Kier molecular flexibility index (Phi) is 3.65. The first kappa shape index (κ1) is 14.3. The molecule has 2 unspecified atom stereocenters. The van der Waals surface area contributed by atoms with Gasteiger partial charge in [0.15, 0.2) is 5.78 Å². The Balaban J connectivity index is 2.22. The van der Waals surface area contributed by atoms with Gasteiger partial charge < -0.3 is 0 Å². The summed E-state index contributed by atoms with van der Waals surface area (Å²) in [4.78, 5) is 36.4. The molecular weight excluding hydrogens is 268 g/mol. The van der Waals surface area contributed by atoms with Gasteiger partial charge in [-0.1, -0.05) is 13.8 Å². The summed E-state index contributed by atoms with van der Waals surface area (Å²) >= 11 is 0. The number of hydrogen-bond donors (Lipinski definition) is 0. The molecule has 2 rings (SSSR count). The van der Waals surface area contributed by atoms with Gasteiger partial charge in [-0.15, -0.1) is 0 Å². The summed E-state index contributed by atoms with van der Waals surface area (Å²) < 4.78 is 26.5. The predicted octanol–water partition coefficient (Wildman–Crippen LogP) is 1.79. The van der Waals surface area contributed by atoms with E-state index in [2.05, 4.69) is 0 Å². The normalized spacial score (nSPS) is 22.5. The first-order valence-corrected chi connectivity index (χ1v) is 6.16. The highest BCUT2D eigenvalue weighted by atomic mass is 19.1. The highest BCUT2D eigenvalue weighted by Crippen LogP contribution is 2.25. The van der Waals surface area contributed by atoms with Gasteiger partial charge in [0.1, 0.15) is 11.6 Å². The maximum absolute atomic E-state index is 13.5. The van der Waals surface area contributed by atoms with Crippen molar-refractivity contribution < 1.29 is 23.2 Å². The molecule has 106 valence electrons. The molecule has 20 heavy (non-hydrogen) atoms. The maximum Gasteiger partial charge on any atom is 0.233 e. The third-order valence-electron chi connectivity index (χ3n) is 3.59. The van der Waals surface area contributed by atoms with Crippen molar-refractivity contribution in [2.24, 2.45) is 11.8 Å². The van der Waals surface area contributed by atoms with Gasteiger partial charge in [0.2, 0.25) is 11.8 Å². The van der Waals surface area contributed by atoms with Crippen molar-refractivity contribution in [2.45, 2.75) is 13.8 Å². The van der Waals surface area contributed by atoms with Crippen LogP contribution in [0, 0.1) is 23.5 Å². The second-order valence-corrected chi connectivity index (χ2v) is 4.89. The van der Waals surface area contributed by atoms with E-state index in [9.17, 15) is 23.2 Å². The van der Waals surface area contributed by atoms with Crippen LogP contribution in [0.4, 0.5) is 8.78 Å². The summed E-state index contributed by atoms with van der Waals surface area (Å²) in [5.41, 5.74) is -0.460. The number of carbonyl (C=O) groups excluding carboxylic acids is 3. The van der Waals surface area contributed by atoms with Crippen molar-refractivity contribution in [2.75, 3.05) is 6.54 Å². The van der Waals surface area contributed by atoms with Crippen LogP contribution in [0.5, 0.6) is 0 Å².